The number of aromatic nitrogens is 2. The lowest BCUT2D eigenvalue weighted by molar-refractivity contribution is 0.0517. The zero-order valence-electron chi connectivity index (χ0n) is 17.6. The summed E-state index contributed by atoms with van der Waals surface area (Å²) in [4.78, 5) is 24.5. The number of amides is 1. The summed E-state index contributed by atoms with van der Waals surface area (Å²) in [6, 6.07) is 7.20. The van der Waals surface area contributed by atoms with Crippen LogP contribution in [0, 0.1) is 12.8 Å². The number of ether oxygens (including phenoxy) is 1. The number of hydrogen-bond donors (Lipinski definition) is 1. The van der Waals surface area contributed by atoms with Crippen molar-refractivity contribution in [1.29, 1.82) is 0 Å². The highest BCUT2D eigenvalue weighted by Crippen LogP contribution is 2.24. The number of esters is 1. The van der Waals surface area contributed by atoms with Crippen LogP contribution in [0.1, 0.15) is 73.0 Å². The lowest BCUT2D eigenvalue weighted by atomic mass is 9.99. The molecule has 0 saturated heterocycles. The van der Waals surface area contributed by atoms with Crippen molar-refractivity contribution in [2.45, 2.75) is 53.4 Å². The first kappa shape index (κ1) is 23.1. The fourth-order valence-corrected chi connectivity index (χ4v) is 3.51. The number of carbonyl (C=O) groups excluding carboxylic acids is 2. The number of hydrogen-bond acceptors (Lipinski definition) is 4. The summed E-state index contributed by atoms with van der Waals surface area (Å²) in [6.07, 6.45) is 4.57. The Hall–Kier alpha value is -2.15. The molecule has 1 aromatic carbocycles. The molecule has 0 spiro atoms. The van der Waals surface area contributed by atoms with E-state index >= 15 is 0 Å². The van der Waals surface area contributed by atoms with Gasteiger partial charge in [0.2, 0.25) is 0 Å². The van der Waals surface area contributed by atoms with E-state index in [2.05, 4.69) is 40.2 Å². The Morgan fingerprint density at radius 1 is 1.21 bits per heavy atom. The third-order valence-electron chi connectivity index (χ3n) is 4.98. The predicted octanol–water partition coefficient (Wildman–Crippen LogP) is 5.07. The summed E-state index contributed by atoms with van der Waals surface area (Å²) in [7, 11) is 0. The molecule has 0 unspecified atom stereocenters. The summed E-state index contributed by atoms with van der Waals surface area (Å²) in [5.41, 5.74) is 2.40. The molecule has 0 bridgehead atoms. The molecule has 0 radical (unpaired) electrons. The minimum absolute atomic E-state index is 0.0721. The molecule has 1 aromatic heterocycles. The molecular weight excluding hydrogens is 434 g/mol. The van der Waals surface area contributed by atoms with Crippen molar-refractivity contribution in [3.63, 3.8) is 0 Å². The molecule has 158 valence electrons. The van der Waals surface area contributed by atoms with E-state index in [0.717, 1.165) is 24.2 Å². The molecule has 0 aliphatic heterocycles. The standard InChI is InChI=1S/C22H30BrN3O3/c1-5-8-9-16(6-2)14-24-21(27)17-10-12-18(13-11-17)26-15(4)19(23)20(25-26)22(28)29-7-3/h10-13,16H,5-9,14H2,1-4H3,(H,24,27)/t16-/m1/s1. The van der Waals surface area contributed by atoms with Gasteiger partial charge in [-0.3, -0.25) is 4.79 Å². The Kier molecular flexibility index (Phi) is 8.89. The Bertz CT molecular complexity index is 831. The number of benzene rings is 1. The molecule has 0 saturated carbocycles. The highest BCUT2D eigenvalue weighted by Gasteiger charge is 2.21. The van der Waals surface area contributed by atoms with Gasteiger partial charge >= 0.3 is 5.97 Å². The Morgan fingerprint density at radius 2 is 1.90 bits per heavy atom. The largest absolute Gasteiger partial charge is 0.461 e. The van der Waals surface area contributed by atoms with E-state index < -0.39 is 5.97 Å². The van der Waals surface area contributed by atoms with E-state index in [9.17, 15) is 9.59 Å². The van der Waals surface area contributed by atoms with Crippen LogP contribution >= 0.6 is 15.9 Å². The lowest BCUT2D eigenvalue weighted by Gasteiger charge is -2.15. The molecule has 0 aliphatic rings. The molecule has 1 heterocycles. The third-order valence-corrected chi connectivity index (χ3v) is 5.93. The van der Waals surface area contributed by atoms with E-state index in [4.69, 9.17) is 4.74 Å². The smallest absolute Gasteiger partial charge is 0.360 e. The maximum atomic E-state index is 12.5. The van der Waals surface area contributed by atoms with Gasteiger partial charge in [0, 0.05) is 12.1 Å². The first-order chi connectivity index (χ1) is 13.9. The molecule has 1 atom stereocenters. The number of halogens is 1. The molecule has 29 heavy (non-hydrogen) atoms. The summed E-state index contributed by atoms with van der Waals surface area (Å²) in [5, 5.41) is 7.41. The monoisotopic (exact) mass is 463 g/mol. The maximum Gasteiger partial charge on any atom is 0.360 e. The van der Waals surface area contributed by atoms with Crippen LogP contribution in [0.5, 0.6) is 0 Å². The van der Waals surface area contributed by atoms with Gasteiger partial charge < -0.3 is 10.1 Å². The summed E-state index contributed by atoms with van der Waals surface area (Å²) in [6.45, 7) is 8.95. The molecular formula is C22H30BrN3O3. The number of nitrogens with one attached hydrogen (secondary N) is 1. The lowest BCUT2D eigenvalue weighted by Crippen LogP contribution is -2.29. The number of rotatable bonds is 10. The van der Waals surface area contributed by atoms with Crippen LogP contribution in [-0.4, -0.2) is 34.8 Å². The van der Waals surface area contributed by atoms with Crippen LogP contribution < -0.4 is 5.32 Å². The first-order valence-corrected chi connectivity index (χ1v) is 11.0. The van der Waals surface area contributed by atoms with Gasteiger partial charge in [-0.05, 0) is 66.4 Å². The first-order valence-electron chi connectivity index (χ1n) is 10.2. The fraction of sp³-hybridized carbons (Fsp3) is 0.500. The Morgan fingerprint density at radius 3 is 2.48 bits per heavy atom. The van der Waals surface area contributed by atoms with Crippen LogP contribution in [-0.2, 0) is 4.74 Å². The van der Waals surface area contributed by atoms with Crippen molar-refractivity contribution in [2.24, 2.45) is 5.92 Å². The minimum atomic E-state index is -0.467. The summed E-state index contributed by atoms with van der Waals surface area (Å²) < 4.78 is 7.32. The van der Waals surface area contributed by atoms with Crippen molar-refractivity contribution in [3.05, 3.63) is 45.7 Å². The van der Waals surface area contributed by atoms with Crippen LogP contribution in [0.2, 0.25) is 0 Å². The highest BCUT2D eigenvalue weighted by molar-refractivity contribution is 9.10. The molecule has 0 fully saturated rings. The second-order valence-electron chi connectivity index (χ2n) is 7.05. The van der Waals surface area contributed by atoms with Crippen LogP contribution in [0.4, 0.5) is 0 Å². The van der Waals surface area contributed by atoms with Crippen molar-refractivity contribution in [3.8, 4) is 5.69 Å². The third kappa shape index (κ3) is 5.92. The van der Waals surface area contributed by atoms with Gasteiger partial charge in [0.1, 0.15) is 0 Å². The Balaban J connectivity index is 2.09. The molecule has 2 rings (SSSR count). The van der Waals surface area contributed by atoms with Crippen LogP contribution in [0.25, 0.3) is 5.69 Å². The van der Waals surface area contributed by atoms with Gasteiger partial charge in [-0.15, -0.1) is 0 Å². The Labute approximate surface area is 181 Å². The van der Waals surface area contributed by atoms with Gasteiger partial charge in [0.15, 0.2) is 5.69 Å². The second-order valence-corrected chi connectivity index (χ2v) is 7.85. The normalized spacial score (nSPS) is 11.9. The molecule has 6 nitrogen and oxygen atoms in total. The van der Waals surface area contributed by atoms with E-state index in [1.54, 1.807) is 23.7 Å². The van der Waals surface area contributed by atoms with Gasteiger partial charge in [0.25, 0.3) is 5.91 Å². The van der Waals surface area contributed by atoms with E-state index in [1.165, 1.54) is 12.8 Å². The summed E-state index contributed by atoms with van der Waals surface area (Å²) in [5.74, 6) is -0.0219. The van der Waals surface area contributed by atoms with Crippen LogP contribution in [0.15, 0.2) is 28.7 Å². The topological polar surface area (TPSA) is 73.2 Å². The quantitative estimate of drug-likeness (QED) is 0.499. The number of carbonyl (C=O) groups is 2. The average molecular weight is 464 g/mol. The zero-order valence-corrected chi connectivity index (χ0v) is 19.2. The number of nitrogens with zero attached hydrogens (tertiary/aromatic N) is 2. The second kappa shape index (κ2) is 11.1. The van der Waals surface area contributed by atoms with E-state index in [-0.39, 0.29) is 11.6 Å². The summed E-state index contributed by atoms with van der Waals surface area (Å²) >= 11 is 3.42. The van der Waals surface area contributed by atoms with Crippen LogP contribution in [0.3, 0.4) is 0 Å². The molecule has 2 aromatic rings. The number of unbranched alkanes of at least 4 members (excludes halogenated alkanes) is 1. The molecule has 1 N–H and O–H groups in total. The SMILES string of the molecule is CCCC[C@@H](CC)CNC(=O)c1ccc(-n2nc(C(=O)OCC)c(Br)c2C)cc1. The van der Waals surface area contributed by atoms with Crippen molar-refractivity contribution < 1.29 is 14.3 Å². The molecule has 7 heteroatoms. The van der Waals surface area contributed by atoms with Crippen molar-refractivity contribution >= 4 is 27.8 Å². The zero-order chi connectivity index (χ0) is 21.4. The minimum Gasteiger partial charge on any atom is -0.461 e. The molecule has 0 aliphatic carbocycles. The highest BCUT2D eigenvalue weighted by atomic mass is 79.9. The van der Waals surface area contributed by atoms with Gasteiger partial charge in [-0.1, -0.05) is 33.1 Å². The van der Waals surface area contributed by atoms with E-state index in [0.29, 0.717) is 29.1 Å². The van der Waals surface area contributed by atoms with Gasteiger partial charge in [0.05, 0.1) is 22.5 Å². The van der Waals surface area contributed by atoms with Gasteiger partial charge in [-0.25, -0.2) is 9.48 Å². The van der Waals surface area contributed by atoms with Crippen molar-refractivity contribution in [1.82, 2.24) is 15.1 Å². The predicted molar refractivity (Wildman–Crippen MR) is 118 cm³/mol. The fourth-order valence-electron chi connectivity index (χ4n) is 3.10. The van der Waals surface area contributed by atoms with Crippen molar-refractivity contribution in [2.75, 3.05) is 13.2 Å². The van der Waals surface area contributed by atoms with E-state index in [1.807, 2.05) is 19.1 Å². The van der Waals surface area contributed by atoms with Gasteiger partial charge in [-0.2, -0.15) is 5.10 Å². The maximum absolute atomic E-state index is 12.5. The average Bonchev–Trinajstić information content (AvgIpc) is 3.03. The molecule has 1 amide bonds.